The zero-order chi connectivity index (χ0) is 16.7. The minimum Gasteiger partial charge on any atom is -0.445 e. The third-order valence-electron chi connectivity index (χ3n) is 5.00. The number of carbonyl (C=O) groups is 1. The highest BCUT2D eigenvalue weighted by Gasteiger charge is 2.33. The van der Waals surface area contributed by atoms with Crippen LogP contribution in [0.4, 0.5) is 4.79 Å². The molecule has 4 heteroatoms. The Morgan fingerprint density at radius 1 is 1.17 bits per heavy atom. The molecule has 1 aromatic rings. The minimum atomic E-state index is -0.180. The number of hydrogen-bond donors (Lipinski definition) is 0. The fraction of sp³-hybridized carbons (Fsp3) is 0.632. The van der Waals surface area contributed by atoms with E-state index in [1.165, 1.54) is 0 Å². The standard InChI is InChI=1S/C19H30N2O2/c1-4-17(5-2)18-14-21(13-12-20(18)6-3)19(22)23-15-16-10-8-7-9-11-16/h7-11,17-18H,4-6,12-15H2,1-3H3. The molecule has 0 N–H and O–H groups in total. The van der Waals surface area contributed by atoms with Gasteiger partial charge in [-0.1, -0.05) is 63.9 Å². The highest BCUT2D eigenvalue weighted by Crippen LogP contribution is 2.23. The van der Waals surface area contributed by atoms with E-state index >= 15 is 0 Å². The SMILES string of the molecule is CCC(CC)C1CN(C(=O)OCc2ccccc2)CCN1CC. The van der Waals surface area contributed by atoms with Gasteiger partial charge in [-0.15, -0.1) is 0 Å². The molecule has 0 radical (unpaired) electrons. The lowest BCUT2D eigenvalue weighted by molar-refractivity contribution is 0.0285. The molecule has 4 nitrogen and oxygen atoms in total. The molecule has 0 aromatic heterocycles. The smallest absolute Gasteiger partial charge is 0.410 e. The van der Waals surface area contributed by atoms with E-state index in [0.29, 0.717) is 18.6 Å². The molecular weight excluding hydrogens is 288 g/mol. The largest absolute Gasteiger partial charge is 0.445 e. The van der Waals surface area contributed by atoms with Gasteiger partial charge in [-0.05, 0) is 18.0 Å². The Hall–Kier alpha value is -1.55. The van der Waals surface area contributed by atoms with Crippen molar-refractivity contribution < 1.29 is 9.53 Å². The summed E-state index contributed by atoms with van der Waals surface area (Å²) in [5, 5.41) is 0. The van der Waals surface area contributed by atoms with Gasteiger partial charge in [-0.3, -0.25) is 4.90 Å². The Balaban J connectivity index is 1.93. The Morgan fingerprint density at radius 2 is 1.87 bits per heavy atom. The molecule has 1 heterocycles. The van der Waals surface area contributed by atoms with Gasteiger partial charge >= 0.3 is 6.09 Å². The summed E-state index contributed by atoms with van der Waals surface area (Å²) < 4.78 is 5.50. The van der Waals surface area contributed by atoms with E-state index in [0.717, 1.165) is 44.6 Å². The van der Waals surface area contributed by atoms with Crippen LogP contribution in [0.5, 0.6) is 0 Å². The van der Waals surface area contributed by atoms with Crippen molar-refractivity contribution >= 4 is 6.09 Å². The number of rotatable bonds is 6. The minimum absolute atomic E-state index is 0.180. The molecule has 1 atom stereocenters. The van der Waals surface area contributed by atoms with Crippen molar-refractivity contribution in [2.24, 2.45) is 5.92 Å². The van der Waals surface area contributed by atoms with Crippen LogP contribution >= 0.6 is 0 Å². The van der Waals surface area contributed by atoms with Crippen molar-refractivity contribution in [3.05, 3.63) is 35.9 Å². The quantitative estimate of drug-likeness (QED) is 0.800. The molecule has 0 aliphatic carbocycles. The highest BCUT2D eigenvalue weighted by molar-refractivity contribution is 5.67. The second-order valence-corrected chi connectivity index (χ2v) is 6.26. The van der Waals surface area contributed by atoms with Gasteiger partial charge in [0, 0.05) is 25.7 Å². The maximum atomic E-state index is 12.4. The molecule has 2 rings (SSSR count). The first-order valence-electron chi connectivity index (χ1n) is 8.89. The maximum Gasteiger partial charge on any atom is 0.410 e. The maximum absolute atomic E-state index is 12.4. The topological polar surface area (TPSA) is 32.8 Å². The predicted molar refractivity (Wildman–Crippen MR) is 93.3 cm³/mol. The summed E-state index contributed by atoms with van der Waals surface area (Å²) in [7, 11) is 0. The summed E-state index contributed by atoms with van der Waals surface area (Å²) in [4.78, 5) is 16.8. The second kappa shape index (κ2) is 8.92. The molecule has 1 unspecified atom stereocenters. The summed E-state index contributed by atoms with van der Waals surface area (Å²) in [5.41, 5.74) is 1.03. The molecule has 0 saturated carbocycles. The van der Waals surface area contributed by atoms with Crippen LogP contribution in [0.1, 0.15) is 39.2 Å². The molecule has 1 amide bonds. The summed E-state index contributed by atoms with van der Waals surface area (Å²) >= 11 is 0. The van der Waals surface area contributed by atoms with Crippen molar-refractivity contribution in [2.45, 2.75) is 46.3 Å². The molecule has 0 bridgehead atoms. The van der Waals surface area contributed by atoms with E-state index in [4.69, 9.17) is 4.74 Å². The normalized spacial score (nSPS) is 19.1. The van der Waals surface area contributed by atoms with Crippen LogP contribution in [0.15, 0.2) is 30.3 Å². The first-order valence-corrected chi connectivity index (χ1v) is 8.89. The van der Waals surface area contributed by atoms with Crippen LogP contribution in [0.25, 0.3) is 0 Å². The van der Waals surface area contributed by atoms with E-state index in [1.807, 2.05) is 35.2 Å². The number of carbonyl (C=O) groups excluding carboxylic acids is 1. The van der Waals surface area contributed by atoms with Crippen LogP contribution in [-0.2, 0) is 11.3 Å². The predicted octanol–water partition coefficient (Wildman–Crippen LogP) is 3.77. The summed E-state index contributed by atoms with van der Waals surface area (Å²) in [5.74, 6) is 0.639. The van der Waals surface area contributed by atoms with E-state index in [-0.39, 0.29) is 6.09 Å². The fourth-order valence-corrected chi connectivity index (χ4v) is 3.50. The van der Waals surface area contributed by atoms with Crippen LogP contribution in [-0.4, -0.2) is 48.1 Å². The molecular formula is C19H30N2O2. The van der Waals surface area contributed by atoms with Gasteiger partial charge in [-0.2, -0.15) is 0 Å². The molecule has 1 fully saturated rings. The fourth-order valence-electron chi connectivity index (χ4n) is 3.50. The van der Waals surface area contributed by atoms with E-state index in [2.05, 4.69) is 25.7 Å². The second-order valence-electron chi connectivity index (χ2n) is 6.26. The number of ether oxygens (including phenoxy) is 1. The molecule has 128 valence electrons. The number of likely N-dealkylation sites (N-methyl/N-ethyl adjacent to an activating group) is 1. The summed E-state index contributed by atoms with van der Waals surface area (Å²) in [6, 6.07) is 10.3. The number of amides is 1. The van der Waals surface area contributed by atoms with Gasteiger partial charge in [-0.25, -0.2) is 4.79 Å². The first-order chi connectivity index (χ1) is 11.2. The third-order valence-corrected chi connectivity index (χ3v) is 5.00. The highest BCUT2D eigenvalue weighted by atomic mass is 16.6. The molecule has 1 saturated heterocycles. The molecule has 1 aliphatic rings. The van der Waals surface area contributed by atoms with Crippen molar-refractivity contribution in [1.29, 1.82) is 0 Å². The molecule has 23 heavy (non-hydrogen) atoms. The number of piperazine rings is 1. The Morgan fingerprint density at radius 3 is 2.48 bits per heavy atom. The van der Waals surface area contributed by atoms with E-state index < -0.39 is 0 Å². The summed E-state index contributed by atoms with van der Waals surface area (Å²) in [6.07, 6.45) is 2.13. The van der Waals surface area contributed by atoms with Gasteiger partial charge in [0.15, 0.2) is 0 Å². The van der Waals surface area contributed by atoms with Crippen molar-refractivity contribution in [2.75, 3.05) is 26.2 Å². The van der Waals surface area contributed by atoms with Crippen molar-refractivity contribution in [3.8, 4) is 0 Å². The zero-order valence-electron chi connectivity index (χ0n) is 14.7. The lowest BCUT2D eigenvalue weighted by Gasteiger charge is -2.43. The molecule has 1 aromatic carbocycles. The Kier molecular flexibility index (Phi) is 6.90. The molecule has 0 spiro atoms. The zero-order valence-corrected chi connectivity index (χ0v) is 14.7. The van der Waals surface area contributed by atoms with Gasteiger partial charge in [0.05, 0.1) is 0 Å². The van der Waals surface area contributed by atoms with Crippen molar-refractivity contribution in [1.82, 2.24) is 9.80 Å². The Labute approximate surface area is 140 Å². The Bertz CT molecular complexity index is 466. The molecule has 1 aliphatic heterocycles. The third kappa shape index (κ3) is 4.71. The number of benzene rings is 1. The van der Waals surface area contributed by atoms with Crippen LogP contribution < -0.4 is 0 Å². The number of nitrogens with zero attached hydrogens (tertiary/aromatic N) is 2. The van der Waals surface area contributed by atoms with Crippen molar-refractivity contribution in [3.63, 3.8) is 0 Å². The monoisotopic (exact) mass is 318 g/mol. The van der Waals surface area contributed by atoms with E-state index in [9.17, 15) is 4.79 Å². The average molecular weight is 318 g/mol. The van der Waals surface area contributed by atoms with Gasteiger partial charge in [0.2, 0.25) is 0 Å². The lowest BCUT2D eigenvalue weighted by Crippen LogP contribution is -2.57. The van der Waals surface area contributed by atoms with Crippen LogP contribution in [0.2, 0.25) is 0 Å². The van der Waals surface area contributed by atoms with Gasteiger partial charge in [0.1, 0.15) is 6.61 Å². The average Bonchev–Trinajstić information content (AvgIpc) is 2.61. The number of hydrogen-bond acceptors (Lipinski definition) is 3. The summed E-state index contributed by atoms with van der Waals surface area (Å²) in [6.45, 7) is 10.6. The first kappa shape index (κ1) is 17.8. The van der Waals surface area contributed by atoms with Crippen LogP contribution in [0, 0.1) is 5.92 Å². The van der Waals surface area contributed by atoms with Gasteiger partial charge in [0.25, 0.3) is 0 Å². The van der Waals surface area contributed by atoms with E-state index in [1.54, 1.807) is 0 Å². The van der Waals surface area contributed by atoms with Gasteiger partial charge < -0.3 is 9.64 Å². The lowest BCUT2D eigenvalue weighted by atomic mass is 9.91. The van der Waals surface area contributed by atoms with Crippen LogP contribution in [0.3, 0.4) is 0 Å².